The molecule has 1 aliphatic carbocycles. The maximum Gasteiger partial charge on any atom is 0.117 e. The second kappa shape index (κ2) is 4.90. The minimum Gasteiger partial charge on any atom is -0.464 e. The number of rotatable bonds is 5. The summed E-state index contributed by atoms with van der Waals surface area (Å²) in [5.41, 5.74) is 0. The molecule has 18 heavy (non-hydrogen) atoms. The smallest absolute Gasteiger partial charge is 0.117 e. The molecule has 0 spiro atoms. The van der Waals surface area contributed by atoms with Crippen LogP contribution in [0.15, 0.2) is 34.1 Å². The van der Waals surface area contributed by atoms with Crippen LogP contribution in [0.2, 0.25) is 0 Å². The van der Waals surface area contributed by atoms with Gasteiger partial charge in [0.1, 0.15) is 11.5 Å². The van der Waals surface area contributed by atoms with Crippen LogP contribution in [0.3, 0.4) is 0 Å². The molecule has 2 aromatic heterocycles. The third-order valence-electron chi connectivity index (χ3n) is 3.71. The molecule has 1 aliphatic rings. The molecule has 2 aromatic rings. The molecule has 96 valence electrons. The molecule has 0 bridgehead atoms. The van der Waals surface area contributed by atoms with Crippen molar-refractivity contribution in [1.29, 1.82) is 0 Å². The molecule has 0 saturated heterocycles. The van der Waals surface area contributed by atoms with Gasteiger partial charge in [-0.2, -0.15) is 0 Å². The van der Waals surface area contributed by atoms with E-state index in [1.807, 2.05) is 0 Å². The molecule has 0 aromatic carbocycles. The van der Waals surface area contributed by atoms with Crippen LogP contribution in [0.1, 0.15) is 48.6 Å². The second-order valence-electron chi connectivity index (χ2n) is 5.24. The minimum atomic E-state index is 0.387. The molecule has 2 heterocycles. The lowest BCUT2D eigenvalue weighted by Crippen LogP contribution is -2.16. The molecule has 1 fully saturated rings. The van der Waals surface area contributed by atoms with Crippen molar-refractivity contribution in [2.24, 2.45) is 5.92 Å². The molecule has 3 rings (SSSR count). The van der Waals surface area contributed by atoms with E-state index in [0.29, 0.717) is 12.0 Å². The zero-order valence-corrected chi connectivity index (χ0v) is 11.7. The normalized spacial score (nSPS) is 24.1. The van der Waals surface area contributed by atoms with Crippen molar-refractivity contribution >= 4 is 11.3 Å². The van der Waals surface area contributed by atoms with Crippen molar-refractivity contribution < 1.29 is 4.42 Å². The van der Waals surface area contributed by atoms with Crippen LogP contribution in [0.5, 0.6) is 0 Å². The monoisotopic (exact) mass is 261 g/mol. The topological polar surface area (TPSA) is 25.2 Å². The Labute approximate surface area is 112 Å². The van der Waals surface area contributed by atoms with E-state index in [2.05, 4.69) is 48.8 Å². The van der Waals surface area contributed by atoms with Crippen molar-refractivity contribution in [1.82, 2.24) is 5.32 Å². The Morgan fingerprint density at radius 2 is 2.28 bits per heavy atom. The van der Waals surface area contributed by atoms with Crippen molar-refractivity contribution in [3.8, 4) is 0 Å². The lowest BCUT2D eigenvalue weighted by Gasteiger charge is -2.10. The van der Waals surface area contributed by atoms with Gasteiger partial charge in [-0.3, -0.25) is 0 Å². The molecule has 0 radical (unpaired) electrons. The number of hydrogen-bond acceptors (Lipinski definition) is 3. The fourth-order valence-corrected chi connectivity index (χ4v) is 3.06. The Hall–Kier alpha value is -1.06. The van der Waals surface area contributed by atoms with Crippen molar-refractivity contribution in [3.63, 3.8) is 0 Å². The highest BCUT2D eigenvalue weighted by molar-refractivity contribution is 7.10. The van der Waals surface area contributed by atoms with Crippen LogP contribution in [0.25, 0.3) is 0 Å². The number of hydrogen-bond donors (Lipinski definition) is 1. The first kappa shape index (κ1) is 12.0. The molecule has 2 nitrogen and oxygen atoms in total. The van der Waals surface area contributed by atoms with Gasteiger partial charge < -0.3 is 9.73 Å². The maximum absolute atomic E-state index is 5.89. The molecule has 1 N–H and O–H groups in total. The zero-order chi connectivity index (χ0) is 12.5. The van der Waals surface area contributed by atoms with E-state index in [9.17, 15) is 0 Å². The molecule has 0 amide bonds. The van der Waals surface area contributed by atoms with Gasteiger partial charge in [-0.1, -0.05) is 13.0 Å². The van der Waals surface area contributed by atoms with Crippen molar-refractivity contribution in [2.45, 2.75) is 38.8 Å². The third-order valence-corrected chi connectivity index (χ3v) is 4.76. The van der Waals surface area contributed by atoms with E-state index in [0.717, 1.165) is 18.2 Å². The van der Waals surface area contributed by atoms with E-state index < -0.39 is 0 Å². The lowest BCUT2D eigenvalue weighted by molar-refractivity contribution is 0.431. The summed E-state index contributed by atoms with van der Waals surface area (Å²) in [6, 6.07) is 8.90. The van der Waals surface area contributed by atoms with Gasteiger partial charge in [0.05, 0.1) is 6.54 Å². The van der Waals surface area contributed by atoms with E-state index in [4.69, 9.17) is 4.42 Å². The average molecular weight is 261 g/mol. The van der Waals surface area contributed by atoms with Crippen LogP contribution >= 0.6 is 11.3 Å². The standard InChI is InChI=1S/C15H19NOS/c1-10-8-13(10)14-6-5-12(17-14)9-16-11(2)15-4-3-7-18-15/h3-7,10-11,13,16H,8-9H2,1-2H3/t10?,11-,13?/m1/s1. The van der Waals surface area contributed by atoms with Crippen LogP contribution in [-0.2, 0) is 6.54 Å². The van der Waals surface area contributed by atoms with Crippen LogP contribution in [0, 0.1) is 5.92 Å². The van der Waals surface area contributed by atoms with E-state index >= 15 is 0 Å². The predicted octanol–water partition coefficient (Wildman–Crippen LogP) is 4.32. The van der Waals surface area contributed by atoms with Gasteiger partial charge in [-0.05, 0) is 42.8 Å². The van der Waals surface area contributed by atoms with Gasteiger partial charge in [-0.25, -0.2) is 0 Å². The van der Waals surface area contributed by atoms with Gasteiger partial charge in [0.25, 0.3) is 0 Å². The maximum atomic E-state index is 5.89. The largest absolute Gasteiger partial charge is 0.464 e. The number of nitrogens with one attached hydrogen (secondary N) is 1. The quantitative estimate of drug-likeness (QED) is 0.867. The highest BCUT2D eigenvalue weighted by Crippen LogP contribution is 2.47. The first-order chi connectivity index (χ1) is 8.74. The Morgan fingerprint density at radius 3 is 2.94 bits per heavy atom. The van der Waals surface area contributed by atoms with Gasteiger partial charge in [0.2, 0.25) is 0 Å². The summed E-state index contributed by atoms with van der Waals surface area (Å²) >= 11 is 1.79. The Bertz CT molecular complexity index is 502. The number of thiophene rings is 1. The highest BCUT2D eigenvalue weighted by Gasteiger charge is 2.36. The van der Waals surface area contributed by atoms with E-state index in [-0.39, 0.29) is 0 Å². The molecular formula is C15H19NOS. The summed E-state index contributed by atoms with van der Waals surface area (Å²) in [6.45, 7) is 5.28. The SMILES string of the molecule is CC1CC1c1ccc(CN[C@H](C)c2cccs2)o1. The molecule has 0 aliphatic heterocycles. The van der Waals surface area contributed by atoms with Crippen LogP contribution < -0.4 is 5.32 Å². The first-order valence-electron chi connectivity index (χ1n) is 6.59. The first-order valence-corrected chi connectivity index (χ1v) is 7.47. The predicted molar refractivity (Wildman–Crippen MR) is 74.8 cm³/mol. The van der Waals surface area contributed by atoms with Gasteiger partial charge >= 0.3 is 0 Å². The molecular weight excluding hydrogens is 242 g/mol. The summed E-state index contributed by atoms with van der Waals surface area (Å²) in [5, 5.41) is 5.62. The molecule has 3 heteroatoms. The molecule has 1 saturated carbocycles. The summed E-state index contributed by atoms with van der Waals surface area (Å²) in [7, 11) is 0. The Morgan fingerprint density at radius 1 is 1.44 bits per heavy atom. The Balaban J connectivity index is 1.55. The fraction of sp³-hybridized carbons (Fsp3) is 0.467. The zero-order valence-electron chi connectivity index (χ0n) is 10.8. The molecule has 2 unspecified atom stereocenters. The van der Waals surface area contributed by atoms with Gasteiger partial charge in [0.15, 0.2) is 0 Å². The van der Waals surface area contributed by atoms with Crippen molar-refractivity contribution in [3.05, 3.63) is 46.0 Å². The van der Waals surface area contributed by atoms with Crippen LogP contribution in [0.4, 0.5) is 0 Å². The van der Waals surface area contributed by atoms with Crippen molar-refractivity contribution in [2.75, 3.05) is 0 Å². The Kier molecular flexibility index (Phi) is 3.27. The minimum absolute atomic E-state index is 0.387. The summed E-state index contributed by atoms with van der Waals surface area (Å²) in [6.07, 6.45) is 1.28. The molecule has 3 atom stereocenters. The summed E-state index contributed by atoms with van der Waals surface area (Å²) < 4.78 is 5.89. The lowest BCUT2D eigenvalue weighted by atomic mass is 10.2. The third kappa shape index (κ3) is 2.52. The average Bonchev–Trinajstić information content (AvgIpc) is 2.87. The van der Waals surface area contributed by atoms with E-state index in [1.165, 1.54) is 17.1 Å². The fourth-order valence-electron chi connectivity index (χ4n) is 2.30. The van der Waals surface area contributed by atoms with E-state index in [1.54, 1.807) is 11.3 Å². The highest BCUT2D eigenvalue weighted by atomic mass is 32.1. The second-order valence-corrected chi connectivity index (χ2v) is 6.22. The van der Waals surface area contributed by atoms with Gasteiger partial charge in [0, 0.05) is 16.8 Å². The summed E-state index contributed by atoms with van der Waals surface area (Å²) in [5.74, 6) is 3.70. The number of furan rings is 1. The summed E-state index contributed by atoms with van der Waals surface area (Å²) in [4.78, 5) is 1.37. The van der Waals surface area contributed by atoms with Crippen LogP contribution in [-0.4, -0.2) is 0 Å². The van der Waals surface area contributed by atoms with Gasteiger partial charge in [-0.15, -0.1) is 11.3 Å².